The van der Waals surface area contributed by atoms with Crippen LogP contribution in [0.4, 0.5) is 0 Å². The van der Waals surface area contributed by atoms with Gasteiger partial charge in [0.2, 0.25) is 0 Å². The number of aliphatic hydroxyl groups is 1. The average Bonchev–Trinajstić information content (AvgIpc) is 3.59. The molecular weight excluding hydrogens is 424 g/mol. The summed E-state index contributed by atoms with van der Waals surface area (Å²) in [6, 6.07) is 33.0. The molecule has 33 heavy (non-hydrogen) atoms. The number of nitrogens with one attached hydrogen (secondary N) is 1. The van der Waals surface area contributed by atoms with Gasteiger partial charge in [-0.1, -0.05) is 97.9 Å². The van der Waals surface area contributed by atoms with Gasteiger partial charge in [-0.15, -0.1) is 11.3 Å². The highest BCUT2D eigenvalue weighted by Gasteiger charge is 2.57. The number of benzene rings is 3. The lowest BCUT2D eigenvalue weighted by Gasteiger charge is -2.48. The largest absolute Gasteiger partial charge is 0.377 e. The van der Waals surface area contributed by atoms with Gasteiger partial charge < -0.3 is 10.1 Å². The van der Waals surface area contributed by atoms with Crippen molar-refractivity contribution in [2.45, 2.75) is 24.4 Å². The summed E-state index contributed by atoms with van der Waals surface area (Å²) in [5.41, 5.74) is 2.20. The minimum Gasteiger partial charge on any atom is -0.377 e. The van der Waals surface area contributed by atoms with Crippen LogP contribution in [0.2, 0.25) is 0 Å². The van der Waals surface area contributed by atoms with E-state index in [9.17, 15) is 5.11 Å². The Morgan fingerprint density at radius 3 is 1.73 bits per heavy atom. The Hall–Kier alpha value is -3.47. The zero-order valence-corrected chi connectivity index (χ0v) is 19.3. The molecule has 164 valence electrons. The fraction of sp³-hybridized carbons (Fsp3) is 0.138. The van der Waals surface area contributed by atoms with Gasteiger partial charge >= 0.3 is 0 Å². The van der Waals surface area contributed by atoms with Gasteiger partial charge in [-0.25, -0.2) is 4.98 Å². The van der Waals surface area contributed by atoms with Crippen molar-refractivity contribution >= 4 is 11.3 Å². The van der Waals surface area contributed by atoms with Crippen LogP contribution in [-0.2, 0) is 17.4 Å². The molecule has 2 heterocycles. The van der Waals surface area contributed by atoms with Crippen molar-refractivity contribution < 1.29 is 5.11 Å². The average molecular weight is 451 g/mol. The molecule has 2 N–H and O–H groups in total. The molecule has 1 unspecified atom stereocenters. The first-order valence-corrected chi connectivity index (χ1v) is 12.1. The first-order valence-electron chi connectivity index (χ1n) is 11.2. The van der Waals surface area contributed by atoms with Gasteiger partial charge in [0.25, 0.3) is 0 Å². The van der Waals surface area contributed by atoms with E-state index in [0.717, 1.165) is 33.6 Å². The summed E-state index contributed by atoms with van der Waals surface area (Å²) in [4.78, 5) is 8.76. The summed E-state index contributed by atoms with van der Waals surface area (Å²) >= 11 is 1.68. The lowest BCUT2D eigenvalue weighted by Crippen LogP contribution is -2.52. The molecule has 5 rings (SSSR count). The van der Waals surface area contributed by atoms with Crippen molar-refractivity contribution in [3.63, 3.8) is 0 Å². The van der Waals surface area contributed by atoms with Gasteiger partial charge in [0.1, 0.15) is 5.60 Å². The lowest BCUT2D eigenvalue weighted by atomic mass is 9.56. The van der Waals surface area contributed by atoms with E-state index in [1.165, 1.54) is 0 Å². The monoisotopic (exact) mass is 450 g/mol. The molecule has 0 radical (unpaired) electrons. The molecule has 5 aromatic rings. The van der Waals surface area contributed by atoms with E-state index < -0.39 is 11.0 Å². The van der Waals surface area contributed by atoms with Crippen molar-refractivity contribution in [1.82, 2.24) is 9.97 Å². The van der Waals surface area contributed by atoms with E-state index >= 15 is 0 Å². The SMILES string of the molecule is CCc1sccc1C(O)(c1cnc[nH]1)C(c1ccccc1)(c1ccccc1)c1ccccc1. The molecule has 0 aliphatic carbocycles. The van der Waals surface area contributed by atoms with Crippen LogP contribution in [0.25, 0.3) is 0 Å². The van der Waals surface area contributed by atoms with Crippen molar-refractivity contribution in [3.8, 4) is 0 Å². The number of aromatic amines is 1. The number of aryl methyl sites for hydroxylation is 1. The maximum Gasteiger partial charge on any atom is 0.150 e. The highest BCUT2D eigenvalue weighted by atomic mass is 32.1. The Balaban J connectivity index is 2.01. The number of nitrogens with zero attached hydrogens (tertiary/aromatic N) is 1. The Morgan fingerprint density at radius 2 is 1.30 bits per heavy atom. The van der Waals surface area contributed by atoms with Gasteiger partial charge in [0, 0.05) is 10.4 Å². The van der Waals surface area contributed by atoms with Crippen LogP contribution in [0.1, 0.15) is 39.7 Å². The van der Waals surface area contributed by atoms with Gasteiger partial charge in [-0.2, -0.15) is 0 Å². The van der Waals surface area contributed by atoms with E-state index in [1.54, 1.807) is 23.9 Å². The van der Waals surface area contributed by atoms with Crippen LogP contribution in [0.15, 0.2) is 115 Å². The molecule has 3 aromatic carbocycles. The number of hydrogen-bond acceptors (Lipinski definition) is 3. The Bertz CT molecular complexity index is 1200. The summed E-state index contributed by atoms with van der Waals surface area (Å²) in [7, 11) is 0. The van der Waals surface area contributed by atoms with E-state index in [2.05, 4.69) is 64.7 Å². The fourth-order valence-electron chi connectivity index (χ4n) is 5.13. The predicted octanol–water partition coefficient (Wildman–Crippen LogP) is 6.30. The van der Waals surface area contributed by atoms with E-state index in [0.29, 0.717) is 5.69 Å². The molecule has 0 amide bonds. The van der Waals surface area contributed by atoms with Gasteiger partial charge in [-0.05, 0) is 34.6 Å². The highest BCUT2D eigenvalue weighted by molar-refractivity contribution is 7.10. The van der Waals surface area contributed by atoms with Crippen molar-refractivity contribution in [2.24, 2.45) is 0 Å². The molecule has 0 fully saturated rings. The van der Waals surface area contributed by atoms with Crippen LogP contribution in [0.3, 0.4) is 0 Å². The molecule has 0 aliphatic heterocycles. The third kappa shape index (κ3) is 3.26. The van der Waals surface area contributed by atoms with Crippen LogP contribution in [0, 0.1) is 0 Å². The zero-order valence-electron chi connectivity index (χ0n) is 18.5. The van der Waals surface area contributed by atoms with Crippen molar-refractivity contribution in [2.75, 3.05) is 0 Å². The molecular formula is C29H26N2OS. The quantitative estimate of drug-likeness (QED) is 0.286. The predicted molar refractivity (Wildman–Crippen MR) is 134 cm³/mol. The van der Waals surface area contributed by atoms with Crippen molar-refractivity contribution in [3.05, 3.63) is 148 Å². The first-order chi connectivity index (χ1) is 16.2. The summed E-state index contributed by atoms with van der Waals surface area (Å²) in [6.07, 6.45) is 4.22. The highest BCUT2D eigenvalue weighted by Crippen LogP contribution is 2.55. The second kappa shape index (κ2) is 8.81. The van der Waals surface area contributed by atoms with Crippen LogP contribution >= 0.6 is 11.3 Å². The maximum atomic E-state index is 13.2. The molecule has 0 spiro atoms. The minimum atomic E-state index is -1.45. The van der Waals surface area contributed by atoms with Crippen LogP contribution in [0.5, 0.6) is 0 Å². The van der Waals surface area contributed by atoms with Gasteiger partial charge in [0.15, 0.2) is 0 Å². The van der Waals surface area contributed by atoms with Crippen molar-refractivity contribution in [1.29, 1.82) is 0 Å². The second-order valence-electron chi connectivity index (χ2n) is 8.13. The van der Waals surface area contributed by atoms with Gasteiger partial charge in [-0.3, -0.25) is 0 Å². The van der Waals surface area contributed by atoms with Crippen LogP contribution in [-0.4, -0.2) is 15.1 Å². The van der Waals surface area contributed by atoms with Gasteiger partial charge in [0.05, 0.1) is 23.6 Å². The van der Waals surface area contributed by atoms with Crippen LogP contribution < -0.4 is 0 Å². The third-order valence-corrected chi connectivity index (χ3v) is 7.57. The molecule has 0 saturated heterocycles. The van der Waals surface area contributed by atoms with E-state index in [1.807, 2.05) is 54.6 Å². The Kier molecular flexibility index (Phi) is 5.71. The molecule has 0 bridgehead atoms. The molecule has 2 aromatic heterocycles. The molecule has 0 saturated carbocycles. The summed E-state index contributed by atoms with van der Waals surface area (Å²) < 4.78 is 0. The zero-order chi connectivity index (χ0) is 22.7. The lowest BCUT2D eigenvalue weighted by molar-refractivity contribution is 0.0240. The van der Waals surface area contributed by atoms with E-state index in [4.69, 9.17) is 0 Å². The molecule has 4 heteroatoms. The number of hydrogen-bond donors (Lipinski definition) is 2. The Labute approximate surface area is 198 Å². The Morgan fingerprint density at radius 1 is 0.788 bits per heavy atom. The summed E-state index contributed by atoms with van der Waals surface area (Å²) in [5, 5.41) is 15.3. The number of rotatable bonds is 7. The molecule has 3 nitrogen and oxygen atoms in total. The number of imidazole rings is 1. The number of aromatic nitrogens is 2. The summed E-state index contributed by atoms with van der Waals surface area (Å²) in [5.74, 6) is 0. The number of thiophene rings is 1. The topological polar surface area (TPSA) is 48.9 Å². The first kappa shape index (κ1) is 21.4. The number of H-pyrrole nitrogens is 1. The smallest absolute Gasteiger partial charge is 0.150 e. The second-order valence-corrected chi connectivity index (χ2v) is 9.14. The molecule has 1 atom stereocenters. The third-order valence-electron chi connectivity index (χ3n) is 6.51. The molecule has 0 aliphatic rings. The normalized spacial score (nSPS) is 13.5. The summed E-state index contributed by atoms with van der Waals surface area (Å²) in [6.45, 7) is 2.14. The van der Waals surface area contributed by atoms with E-state index in [-0.39, 0.29) is 0 Å². The maximum absolute atomic E-state index is 13.2. The minimum absolute atomic E-state index is 0.659. The standard InChI is InChI=1S/C29H26N2OS/c1-2-26-25(18-19-33-26)29(32,27-20-30-21-31-27)28(22-12-6-3-7-13-22,23-14-8-4-9-15-23)24-16-10-5-11-17-24/h3-21,32H,2H2,1H3,(H,30,31). The fourth-order valence-corrected chi connectivity index (χ4v) is 6.01.